The molecule has 4 aliphatic rings. The topological polar surface area (TPSA) is 23.9 Å². The highest BCUT2D eigenvalue weighted by molar-refractivity contribution is 7.05. The molecule has 6 heterocycles. The molecule has 0 saturated heterocycles. The van der Waals surface area contributed by atoms with Gasteiger partial charge in [0.25, 0.3) is 13.4 Å². The lowest BCUT2D eigenvalue weighted by molar-refractivity contribution is 0.590. The average molecular weight is 1440 g/mol. The monoisotopic (exact) mass is 1440 g/mol. The number of hydrogen-bond acceptors (Lipinski definition) is 3. The second kappa shape index (κ2) is 25.1. The van der Waals surface area contributed by atoms with E-state index in [0.717, 1.165) is 129 Å². The Morgan fingerprint density at radius 2 is 0.646 bits per heavy atom. The van der Waals surface area contributed by atoms with E-state index in [0.29, 0.717) is 5.69 Å². The number of aromatic nitrogens is 2. The summed E-state index contributed by atoms with van der Waals surface area (Å²) in [6, 6.07) is 133. The molecule has 16 aromatic carbocycles. The van der Waals surface area contributed by atoms with Crippen molar-refractivity contribution in [3.8, 4) is 67.0 Å². The number of nitrogens with zero attached hydrogens (tertiary/aromatic N) is 6. The van der Waals surface area contributed by atoms with Crippen LogP contribution in [0.2, 0.25) is 0 Å². The molecule has 0 unspecified atom stereocenters. The molecule has 8 heteroatoms. The molecule has 22 rings (SSSR count). The quantitative estimate of drug-likeness (QED) is 0.106. The van der Waals surface area contributed by atoms with Crippen LogP contribution >= 0.6 is 0 Å². The molecule has 0 fully saturated rings. The van der Waals surface area contributed by atoms with Crippen LogP contribution in [0.1, 0.15) is 52.7 Å². The maximum absolute atomic E-state index is 8.21. The highest BCUT2D eigenvalue weighted by Crippen LogP contribution is 2.55. The molecule has 0 aliphatic carbocycles. The third-order valence-electron chi connectivity index (χ3n) is 24.6. The van der Waals surface area contributed by atoms with Gasteiger partial charge in [-0.1, -0.05) is 296 Å². The predicted octanol–water partition coefficient (Wildman–Crippen LogP) is 24.1. The lowest BCUT2D eigenvalue weighted by Gasteiger charge is -2.51. The molecule has 0 N–H and O–H groups in total. The summed E-state index contributed by atoms with van der Waals surface area (Å²) in [6.07, 6.45) is 0. The Bertz CT molecular complexity index is 6900. The zero-order valence-corrected chi connectivity index (χ0v) is 63.8. The Hall–Kier alpha value is -13.9. The van der Waals surface area contributed by atoms with E-state index in [-0.39, 0.29) is 24.3 Å². The molecule has 18 aromatic rings. The van der Waals surface area contributed by atoms with Crippen LogP contribution in [0.25, 0.3) is 115 Å². The van der Waals surface area contributed by atoms with Gasteiger partial charge in [0, 0.05) is 84.2 Å². The van der Waals surface area contributed by atoms with Crippen molar-refractivity contribution in [3.05, 3.63) is 374 Å². The van der Waals surface area contributed by atoms with Crippen molar-refractivity contribution in [1.82, 2.24) is 9.13 Å². The Morgan fingerprint density at radius 1 is 0.257 bits per heavy atom. The largest absolute Gasteiger partial charge is 0.312 e. The molecular formula is C105H76B2N6. The zero-order chi connectivity index (χ0) is 75.7. The molecule has 0 radical (unpaired) electrons. The summed E-state index contributed by atoms with van der Waals surface area (Å²) < 4.78 is 4.98. The number of anilines is 9. The summed E-state index contributed by atoms with van der Waals surface area (Å²) in [5, 5.41) is 4.67. The molecular weight excluding hydrogens is 1370 g/mol. The van der Waals surface area contributed by atoms with Crippen LogP contribution in [0, 0.1) is 6.57 Å². The van der Waals surface area contributed by atoms with Crippen LogP contribution in [0.15, 0.2) is 352 Å². The molecule has 0 saturated carbocycles. The number of benzene rings is 16. The van der Waals surface area contributed by atoms with E-state index in [2.05, 4.69) is 416 Å². The van der Waals surface area contributed by atoms with Gasteiger partial charge in [0.1, 0.15) is 0 Å². The SMILES string of the molecule is [C-]#[N+]c1ccc2c(c1)c1ccccc1n2-c1ccc2c(c1)N1c3ccc(-c4ccccc4)cc3B3c4ccc(-n5c6ccc(C(C)(C)C)cc6c6cc(C(C)(C)C)ccc65)cc4N(c4ccc(-c5ccccc5)cc4)c4cc5c(c1c43)B2c1cc(-c2ccccc2)ccc1N5c1c(-c2ccccc2)cccc1-c1ccccc1. The van der Waals surface area contributed by atoms with Gasteiger partial charge < -0.3 is 23.8 Å². The Labute approximate surface area is 660 Å². The fourth-order valence-electron chi connectivity index (χ4n) is 19.2. The van der Waals surface area contributed by atoms with Gasteiger partial charge >= 0.3 is 0 Å². The molecule has 6 nitrogen and oxygen atoms in total. The first-order valence-corrected chi connectivity index (χ1v) is 39.5. The molecule has 113 heavy (non-hydrogen) atoms. The van der Waals surface area contributed by atoms with E-state index in [1.54, 1.807) is 0 Å². The smallest absolute Gasteiger partial charge is 0.252 e. The third kappa shape index (κ3) is 10.2. The van der Waals surface area contributed by atoms with Crippen molar-refractivity contribution >= 4 is 147 Å². The van der Waals surface area contributed by atoms with Gasteiger partial charge in [0.15, 0.2) is 5.69 Å². The van der Waals surface area contributed by atoms with E-state index < -0.39 is 0 Å². The van der Waals surface area contributed by atoms with E-state index in [1.165, 1.54) is 77.0 Å². The zero-order valence-electron chi connectivity index (χ0n) is 63.8. The van der Waals surface area contributed by atoms with Gasteiger partial charge in [-0.3, -0.25) is 0 Å². The highest BCUT2D eigenvalue weighted by atomic mass is 15.2. The minimum absolute atomic E-state index is 0.0676. The van der Waals surface area contributed by atoms with Gasteiger partial charge in [-0.05, 0) is 202 Å². The molecule has 0 spiro atoms. The normalized spacial score (nSPS) is 13.1. The first-order valence-electron chi connectivity index (χ1n) is 39.5. The molecule has 0 bridgehead atoms. The van der Waals surface area contributed by atoms with Crippen LogP contribution in [-0.4, -0.2) is 22.6 Å². The van der Waals surface area contributed by atoms with Crippen LogP contribution in [0.4, 0.5) is 56.9 Å². The van der Waals surface area contributed by atoms with E-state index in [4.69, 9.17) is 6.57 Å². The Balaban J connectivity index is 0.903. The van der Waals surface area contributed by atoms with Crippen molar-refractivity contribution in [2.24, 2.45) is 0 Å². The maximum atomic E-state index is 8.21. The lowest BCUT2D eigenvalue weighted by atomic mass is 9.28. The predicted molar refractivity (Wildman–Crippen MR) is 479 cm³/mol. The lowest BCUT2D eigenvalue weighted by Crippen LogP contribution is -2.68. The standard InChI is InChI=1S/C105H76B2N6/c1-104(2,3)74-44-55-91-83(60-74)84-61-75(105(4,5)6)45-56-92(84)111(91)78-49-51-86-96(63-78)109(77-47-40-69(41-48-77)66-26-13-8-14-27-66)98-65-99-101-103-100(98)106(86)88-58-72(67-28-15-9-16-29-67)42-53-94(88)112(103)97-64-79(110-90-39-24-23-36-82(90)85-62-76(108-7)46-57-93(85)110)50-52-87(97)107(101)89-59-73(68-30-17-10-18-31-68)43-54-95(89)113(99)102-80(70-32-19-11-20-33-70)37-25-38-81(102)71-34-21-12-22-35-71/h8-65H,1-6H3. The fourth-order valence-corrected chi connectivity index (χ4v) is 19.2. The highest BCUT2D eigenvalue weighted by Gasteiger charge is 2.53. The summed E-state index contributed by atoms with van der Waals surface area (Å²) in [5.74, 6) is 0. The molecule has 0 atom stereocenters. The van der Waals surface area contributed by atoms with Crippen LogP contribution < -0.4 is 47.5 Å². The molecule has 0 amide bonds. The number of rotatable bonds is 9. The van der Waals surface area contributed by atoms with Crippen molar-refractivity contribution in [1.29, 1.82) is 0 Å². The summed E-state index contributed by atoms with van der Waals surface area (Å²) in [5.41, 5.74) is 38.6. The van der Waals surface area contributed by atoms with Gasteiger partial charge in [0.05, 0.1) is 34.3 Å². The summed E-state index contributed by atoms with van der Waals surface area (Å²) >= 11 is 0. The first-order chi connectivity index (χ1) is 55.3. The van der Waals surface area contributed by atoms with Crippen LogP contribution in [-0.2, 0) is 10.8 Å². The molecule has 532 valence electrons. The van der Waals surface area contributed by atoms with Crippen molar-refractivity contribution in [2.75, 3.05) is 14.7 Å². The van der Waals surface area contributed by atoms with Gasteiger partial charge in [0.2, 0.25) is 0 Å². The van der Waals surface area contributed by atoms with Crippen molar-refractivity contribution in [2.45, 2.75) is 52.4 Å². The van der Waals surface area contributed by atoms with Crippen molar-refractivity contribution in [3.63, 3.8) is 0 Å². The second-order valence-electron chi connectivity index (χ2n) is 33.0. The van der Waals surface area contributed by atoms with E-state index >= 15 is 0 Å². The Morgan fingerprint density at radius 3 is 1.13 bits per heavy atom. The maximum Gasteiger partial charge on any atom is 0.252 e. The minimum Gasteiger partial charge on any atom is -0.312 e. The van der Waals surface area contributed by atoms with Crippen LogP contribution in [0.3, 0.4) is 0 Å². The van der Waals surface area contributed by atoms with Gasteiger partial charge in [-0.2, -0.15) is 0 Å². The number of hydrogen-bond donors (Lipinski definition) is 0. The number of para-hydroxylation sites is 2. The number of fused-ring (bicyclic) bond motifs is 16. The summed E-state index contributed by atoms with van der Waals surface area (Å²) in [4.78, 5) is 12.0. The summed E-state index contributed by atoms with van der Waals surface area (Å²) in [6.45, 7) is 21.6. The van der Waals surface area contributed by atoms with Gasteiger partial charge in [-0.15, -0.1) is 0 Å². The van der Waals surface area contributed by atoms with E-state index in [9.17, 15) is 0 Å². The van der Waals surface area contributed by atoms with Gasteiger partial charge in [-0.25, -0.2) is 4.85 Å². The van der Waals surface area contributed by atoms with Crippen LogP contribution in [0.5, 0.6) is 0 Å². The minimum atomic E-state index is -0.273. The second-order valence-corrected chi connectivity index (χ2v) is 33.0. The molecule has 4 aliphatic heterocycles. The van der Waals surface area contributed by atoms with E-state index in [1.807, 2.05) is 6.07 Å². The Kier molecular flexibility index (Phi) is 14.7. The molecule has 2 aromatic heterocycles. The third-order valence-corrected chi connectivity index (χ3v) is 24.6. The average Bonchev–Trinajstić information content (AvgIpc) is 1.65. The fraction of sp³-hybridized carbons (Fsp3) is 0.0762. The summed E-state index contributed by atoms with van der Waals surface area (Å²) in [7, 11) is 0. The first kappa shape index (κ1) is 66.2. The van der Waals surface area contributed by atoms with Crippen molar-refractivity contribution < 1.29 is 0 Å².